The maximum absolute atomic E-state index is 14.2. The Balaban J connectivity index is 0.000000365. The van der Waals surface area contributed by atoms with Crippen LogP contribution in [-0.4, -0.2) is 252 Å². The lowest BCUT2D eigenvalue weighted by molar-refractivity contribution is -0.223. The molecule has 2 fully saturated rings. The number of hydrogen-bond donors (Lipinski definition) is 0. The Morgan fingerprint density at radius 1 is 0.336 bits per heavy atom. The van der Waals surface area contributed by atoms with Crippen LogP contribution < -0.4 is 0 Å². The van der Waals surface area contributed by atoms with E-state index in [4.69, 9.17) is 146 Å². The third kappa shape index (κ3) is 25.4. The van der Waals surface area contributed by atoms with Gasteiger partial charge < -0.3 is 42.3 Å². The van der Waals surface area contributed by atoms with Crippen molar-refractivity contribution in [3.63, 3.8) is 0 Å². The molecule has 0 spiro atoms. The average molecular weight is 1560 g/mol. The van der Waals surface area contributed by atoms with Crippen molar-refractivity contribution in [3.8, 4) is 0 Å². The predicted molar refractivity (Wildman–Crippen MR) is 411 cm³/mol. The number of benzene rings is 5. The van der Waals surface area contributed by atoms with Crippen LogP contribution in [0.1, 0.15) is 167 Å². The maximum atomic E-state index is 14.2. The molecule has 0 heterocycles. The van der Waals surface area contributed by atoms with E-state index in [0.717, 1.165) is 0 Å². The molecule has 0 amide bonds. The van der Waals surface area contributed by atoms with Crippen LogP contribution in [0.3, 0.4) is 0 Å². The van der Waals surface area contributed by atoms with Crippen LogP contribution in [-0.2, 0) is 158 Å². The highest BCUT2D eigenvalue weighted by Crippen LogP contribution is 2.39. The minimum atomic E-state index is -5.69. The van der Waals surface area contributed by atoms with Gasteiger partial charge in [0.25, 0.3) is 0 Å². The second-order valence-corrected chi connectivity index (χ2v) is 29.1. The quantitative estimate of drug-likeness (QED) is 0.0191. The predicted octanol–water partition coefficient (Wildman–Crippen LogP) is 2.38. The van der Waals surface area contributed by atoms with Crippen molar-refractivity contribution in [2.24, 2.45) is 11.8 Å². The van der Waals surface area contributed by atoms with Crippen LogP contribution in [0.4, 0.5) is 26.3 Å². The van der Waals surface area contributed by atoms with Crippen molar-refractivity contribution in [3.05, 3.63) is 172 Å². The zero-order chi connectivity index (χ0) is 84.4. The lowest BCUT2D eigenvalue weighted by Crippen LogP contribution is -2.53. The summed E-state index contributed by atoms with van der Waals surface area (Å²) in [6.45, 7) is 0. The van der Waals surface area contributed by atoms with E-state index in [9.17, 15) is 85.8 Å². The number of halogens is 6. The molecule has 564 valence electrons. The van der Waals surface area contributed by atoms with Crippen molar-refractivity contribution in [1.82, 2.24) is 0 Å². The molecule has 5 aromatic rings. The molecule has 43 heteroatoms. The van der Waals surface area contributed by atoms with Crippen LogP contribution in [0.25, 0.3) is 0 Å². The first-order valence-electron chi connectivity index (χ1n) is 34.9. The third-order valence-corrected chi connectivity index (χ3v) is 20.1. The summed E-state index contributed by atoms with van der Waals surface area (Å²) in [7, 11) is 77.1. The van der Waals surface area contributed by atoms with Gasteiger partial charge in [0.2, 0.25) is 12.2 Å². The number of hydrogen-bond acceptors (Lipinski definition) is 20. The van der Waals surface area contributed by atoms with Gasteiger partial charge in [-0.3, -0.25) is 9.59 Å². The standard InChI is InChI=1S/C40H36B9F3O11S.C30H29B6F3O9S/c41-9-19-1-22(12-44)29(15-47)26(4-19)36(53)60-25-7-32(61-37(54)27-5-20(10-42)2-23(13-45)30(27)16-48)35(39(56)63-34(40(50,51)52)18-64(57,58)59)33(8-25)62-38(55)28-6-21(11-43)3-24(14-46)31(28)17-49;31-8-15-1-18(10-33)24(12-35)22(3-15)28(41)46-20-5-17(27(40)48-26(30(37,38)39)14-49(43,44)45)6-21(7-20)47-29(42)23-4-16(9-32)2-19(11-34)25(23)13-36/h1-6,25,32-35H,7-18H2,(H,57,58,59);1-4,17,20-21,26H,5-14H2,(H,43,44,45)/p-2. The maximum Gasteiger partial charge on any atom is 0.426 e. The number of alkyl halides is 6. The smallest absolute Gasteiger partial charge is 0.426 e. The zero-order valence-corrected chi connectivity index (χ0v) is 62.6. The largest absolute Gasteiger partial charge is 0.748 e. The Hall–Kier alpha value is -7.24. The van der Waals surface area contributed by atoms with Gasteiger partial charge in [0.15, 0.2) is 0 Å². The second kappa shape index (κ2) is 42.1. The Morgan fingerprint density at radius 2 is 0.566 bits per heavy atom. The normalized spacial score (nSPS) is 18.4. The third-order valence-electron chi connectivity index (χ3n) is 18.7. The Kier molecular flexibility index (Phi) is 35.2. The van der Waals surface area contributed by atoms with Gasteiger partial charge in [-0.15, -0.1) is 0 Å². The molecular weight excluding hydrogens is 1500 g/mol. The summed E-state index contributed by atoms with van der Waals surface area (Å²) in [6, 6.07) is 15.1. The highest BCUT2D eigenvalue weighted by atomic mass is 32.2. The van der Waals surface area contributed by atoms with Crippen LogP contribution in [0.15, 0.2) is 60.7 Å². The topological polar surface area (TPSA) is 298 Å². The first-order valence-corrected chi connectivity index (χ1v) is 38.0. The van der Waals surface area contributed by atoms with E-state index in [1.165, 1.54) is 30.3 Å². The summed E-state index contributed by atoms with van der Waals surface area (Å²) < 4.78 is 190. The van der Waals surface area contributed by atoms with Gasteiger partial charge in [0.1, 0.15) is 36.4 Å². The lowest BCUT2D eigenvalue weighted by Gasteiger charge is -2.39. The minimum Gasteiger partial charge on any atom is -0.748 e. The van der Waals surface area contributed by atoms with Gasteiger partial charge in [0, 0.05) is 19.3 Å². The molecule has 0 aromatic heterocycles. The van der Waals surface area contributed by atoms with Crippen LogP contribution >= 0.6 is 0 Å². The van der Waals surface area contributed by atoms with Gasteiger partial charge in [-0.05, 0) is 71.0 Å². The monoisotopic (exact) mass is 1570 g/mol. The van der Waals surface area contributed by atoms with Crippen molar-refractivity contribution >= 4 is 180 Å². The van der Waals surface area contributed by atoms with Crippen molar-refractivity contribution in [2.75, 3.05) is 11.5 Å². The summed E-state index contributed by atoms with van der Waals surface area (Å²) in [6.07, 6.45) is -29.4. The number of esters is 7. The molecule has 0 aliphatic heterocycles. The van der Waals surface area contributed by atoms with E-state index in [0.29, 0.717) is 66.8 Å². The average Bonchev–Trinajstić information content (AvgIpc) is 0.760. The molecule has 30 radical (unpaired) electrons. The van der Waals surface area contributed by atoms with Gasteiger partial charge >= 0.3 is 54.1 Å². The zero-order valence-electron chi connectivity index (χ0n) is 60.9. The molecular formula is C70H63B15F6O20S2-2. The van der Waals surface area contributed by atoms with Crippen LogP contribution in [0, 0.1) is 11.8 Å². The summed E-state index contributed by atoms with van der Waals surface area (Å²) >= 11 is 0. The molecule has 0 bridgehead atoms. The highest BCUT2D eigenvalue weighted by molar-refractivity contribution is 7.86. The molecule has 6 atom stereocenters. The molecule has 6 unspecified atom stereocenters. The van der Waals surface area contributed by atoms with Gasteiger partial charge in [0.05, 0.1) is 183 Å². The molecule has 0 N–H and O–H groups in total. The van der Waals surface area contributed by atoms with E-state index in [1.54, 1.807) is 30.3 Å². The fourth-order valence-corrected chi connectivity index (χ4v) is 14.5. The van der Waals surface area contributed by atoms with Gasteiger partial charge in [-0.25, -0.2) is 40.8 Å². The Bertz CT molecular complexity index is 4340. The number of carbonyl (C=O) groups excluding carboxylic acids is 7. The van der Waals surface area contributed by atoms with Crippen molar-refractivity contribution in [1.29, 1.82) is 0 Å². The molecule has 2 aliphatic carbocycles. The van der Waals surface area contributed by atoms with E-state index < -0.39 is 166 Å². The van der Waals surface area contributed by atoms with Crippen molar-refractivity contribution < 1.29 is 119 Å². The van der Waals surface area contributed by atoms with E-state index >= 15 is 0 Å². The first kappa shape index (κ1) is 94.6. The highest BCUT2D eigenvalue weighted by Gasteiger charge is 2.53. The molecule has 7 rings (SSSR count). The van der Waals surface area contributed by atoms with Crippen LogP contribution in [0.5, 0.6) is 0 Å². The minimum absolute atomic E-state index is 0.0114. The summed E-state index contributed by atoms with van der Waals surface area (Å²) in [5.41, 5.74) is 5.45. The van der Waals surface area contributed by atoms with E-state index in [-0.39, 0.29) is 146 Å². The van der Waals surface area contributed by atoms with Gasteiger partial charge in [-0.2, -0.15) is 26.3 Å². The molecule has 0 saturated heterocycles. The van der Waals surface area contributed by atoms with Crippen LogP contribution in [0.2, 0.25) is 0 Å². The fourth-order valence-electron chi connectivity index (χ4n) is 13.3. The molecule has 2 saturated carbocycles. The molecule has 113 heavy (non-hydrogen) atoms. The molecule has 20 nitrogen and oxygen atoms in total. The SMILES string of the molecule is [B]Cc1cc(C[B])c(C[B])c(C(=O)OC2CC(OC(=O)c3cc(C[B])cc(C[B])c3C[B])C(C(=O)OC(CS(=O)(=O)[O-])C(F)(F)F)C(OC(=O)c3cc(C[B])cc(C[B])c3C[B])C2)c1.[B]Cc1cc(C[B])c(C[B])c(C(=O)OC2CC(OC(=O)c3cc(C[B])cc(C[B])c3C[B])CC(C(=O)OC(CS(=O)(=O)[O-])C(F)(F)F)C2)c1. The van der Waals surface area contributed by atoms with E-state index in [1.807, 2.05) is 0 Å². The van der Waals surface area contributed by atoms with Gasteiger partial charge in [-0.1, -0.05) is 181 Å². The fraction of sp³-hybridized carbons (Fsp3) is 0.471. The number of ether oxygens (including phenoxy) is 7. The lowest BCUT2D eigenvalue weighted by atomic mass is 9.80. The Morgan fingerprint density at radius 3 is 0.779 bits per heavy atom. The summed E-state index contributed by atoms with van der Waals surface area (Å²) in [5, 5.41) is 0. The number of carbonyl (C=O) groups is 7. The summed E-state index contributed by atoms with van der Waals surface area (Å²) in [4.78, 5) is 96.7. The van der Waals surface area contributed by atoms with E-state index in [2.05, 4.69) is 4.74 Å². The summed E-state index contributed by atoms with van der Waals surface area (Å²) in [5.74, 6) is -16.8. The first-order chi connectivity index (χ1) is 53.2. The molecule has 2 aliphatic rings. The number of rotatable bonds is 33. The molecule has 5 aromatic carbocycles. The second-order valence-electron chi connectivity index (χ2n) is 26.2. The van der Waals surface area contributed by atoms with Crippen molar-refractivity contribution in [2.45, 2.75) is 182 Å². The Labute approximate surface area is 672 Å².